The van der Waals surface area contributed by atoms with Gasteiger partial charge < -0.3 is 19.3 Å². The number of ether oxygens (including phenoxy) is 2. The predicted molar refractivity (Wildman–Crippen MR) is 123 cm³/mol. The van der Waals surface area contributed by atoms with Gasteiger partial charge in [-0.3, -0.25) is 9.59 Å². The van der Waals surface area contributed by atoms with Crippen molar-refractivity contribution in [1.82, 2.24) is 24.8 Å². The Bertz CT molecular complexity index is 1160. The van der Waals surface area contributed by atoms with E-state index in [0.29, 0.717) is 54.9 Å². The lowest BCUT2D eigenvalue weighted by Gasteiger charge is -2.34. The zero-order chi connectivity index (χ0) is 23.5. The fourth-order valence-electron chi connectivity index (χ4n) is 4.12. The molecule has 176 valence electrons. The van der Waals surface area contributed by atoms with Crippen molar-refractivity contribution in [1.29, 1.82) is 0 Å². The Morgan fingerprint density at radius 1 is 1.00 bits per heavy atom. The maximum absolute atomic E-state index is 13.1. The topological polar surface area (TPSA) is 89.8 Å². The summed E-state index contributed by atoms with van der Waals surface area (Å²) >= 11 is 5.97. The van der Waals surface area contributed by atoms with E-state index in [0.717, 1.165) is 5.56 Å². The molecular weight excluding hydrogens is 458 g/mol. The van der Waals surface area contributed by atoms with Crippen molar-refractivity contribution >= 4 is 23.4 Å². The number of fused-ring (bicyclic) bond motifs is 1. The quantitative estimate of drug-likeness (QED) is 0.556. The van der Waals surface area contributed by atoms with E-state index in [2.05, 4.69) is 10.3 Å². The number of carbonyl (C=O) groups is 2. The van der Waals surface area contributed by atoms with Crippen LogP contribution in [0.2, 0.25) is 5.02 Å². The van der Waals surface area contributed by atoms with Gasteiger partial charge in [0.15, 0.2) is 12.3 Å². The average molecular weight is 482 g/mol. The first-order valence-electron chi connectivity index (χ1n) is 11.1. The second-order valence-electron chi connectivity index (χ2n) is 8.19. The van der Waals surface area contributed by atoms with Crippen molar-refractivity contribution in [2.24, 2.45) is 0 Å². The van der Waals surface area contributed by atoms with Gasteiger partial charge in [-0.05, 0) is 29.8 Å². The maximum atomic E-state index is 13.1. The summed E-state index contributed by atoms with van der Waals surface area (Å²) in [7, 11) is 0. The Hall–Kier alpha value is -3.43. The van der Waals surface area contributed by atoms with Gasteiger partial charge in [-0.1, -0.05) is 47.1 Å². The number of aromatic nitrogens is 3. The van der Waals surface area contributed by atoms with Crippen LogP contribution in [0.25, 0.3) is 0 Å². The number of rotatable bonds is 5. The summed E-state index contributed by atoms with van der Waals surface area (Å²) in [6.45, 7) is 2.44. The van der Waals surface area contributed by atoms with Crippen LogP contribution in [0.1, 0.15) is 27.8 Å². The Kier molecular flexibility index (Phi) is 6.46. The van der Waals surface area contributed by atoms with E-state index in [9.17, 15) is 9.59 Å². The summed E-state index contributed by atoms with van der Waals surface area (Å²) in [6.07, 6.45) is -0.179. The number of hydrogen-bond acceptors (Lipinski definition) is 6. The number of halogens is 1. The van der Waals surface area contributed by atoms with Crippen molar-refractivity contribution in [3.8, 4) is 5.75 Å². The van der Waals surface area contributed by atoms with Gasteiger partial charge in [0.2, 0.25) is 0 Å². The van der Waals surface area contributed by atoms with E-state index in [-0.39, 0.29) is 31.1 Å². The molecule has 1 fully saturated rings. The lowest BCUT2D eigenvalue weighted by Crippen LogP contribution is -2.51. The summed E-state index contributed by atoms with van der Waals surface area (Å²) < 4.78 is 13.3. The molecule has 1 aromatic heterocycles. The average Bonchev–Trinajstić information content (AvgIpc) is 3.31. The van der Waals surface area contributed by atoms with E-state index >= 15 is 0 Å². The fraction of sp³-hybridized carbons (Fsp3) is 0.333. The van der Waals surface area contributed by atoms with Gasteiger partial charge in [0.25, 0.3) is 11.8 Å². The highest BCUT2D eigenvalue weighted by molar-refractivity contribution is 6.30. The standard InChI is InChI=1S/C24H24ClN5O4/c25-18-8-6-17(7-9-18)21-14-30-20(15-34-21)23(26-27-30)24(32)29-12-10-28(11-13-29)22(31)16-33-19-4-2-1-3-5-19/h1-9,21H,10-16H2. The van der Waals surface area contributed by atoms with Gasteiger partial charge in [0, 0.05) is 31.2 Å². The van der Waals surface area contributed by atoms with Crippen molar-refractivity contribution in [2.75, 3.05) is 32.8 Å². The first-order chi connectivity index (χ1) is 16.6. The summed E-state index contributed by atoms with van der Waals surface area (Å²) in [5.74, 6) is 0.364. The van der Waals surface area contributed by atoms with E-state index in [1.807, 2.05) is 54.6 Å². The summed E-state index contributed by atoms with van der Waals surface area (Å²) in [6, 6.07) is 16.7. The fourth-order valence-corrected chi connectivity index (χ4v) is 4.24. The zero-order valence-electron chi connectivity index (χ0n) is 18.5. The van der Waals surface area contributed by atoms with Gasteiger partial charge in [0.05, 0.1) is 18.8 Å². The molecule has 3 heterocycles. The Morgan fingerprint density at radius 3 is 2.44 bits per heavy atom. The van der Waals surface area contributed by atoms with Crippen LogP contribution in [-0.2, 0) is 22.7 Å². The highest BCUT2D eigenvalue weighted by Crippen LogP contribution is 2.28. The first kappa shape index (κ1) is 22.4. The Balaban J connectivity index is 1.16. The molecule has 34 heavy (non-hydrogen) atoms. The van der Waals surface area contributed by atoms with E-state index in [1.165, 1.54) is 0 Å². The number of nitrogens with zero attached hydrogens (tertiary/aromatic N) is 5. The van der Waals surface area contributed by atoms with Gasteiger partial charge in [-0.2, -0.15) is 0 Å². The number of benzene rings is 2. The van der Waals surface area contributed by atoms with Crippen LogP contribution in [0.15, 0.2) is 54.6 Å². The molecule has 1 unspecified atom stereocenters. The third kappa shape index (κ3) is 4.76. The Morgan fingerprint density at radius 2 is 1.71 bits per heavy atom. The minimum atomic E-state index is -0.192. The highest BCUT2D eigenvalue weighted by Gasteiger charge is 2.32. The van der Waals surface area contributed by atoms with Crippen LogP contribution >= 0.6 is 11.6 Å². The van der Waals surface area contributed by atoms with Gasteiger partial charge in [-0.15, -0.1) is 5.10 Å². The first-order valence-corrected chi connectivity index (χ1v) is 11.5. The summed E-state index contributed by atoms with van der Waals surface area (Å²) in [5, 5.41) is 9.01. The predicted octanol–water partition coefficient (Wildman–Crippen LogP) is 2.57. The van der Waals surface area contributed by atoms with Gasteiger partial charge in [0.1, 0.15) is 11.9 Å². The van der Waals surface area contributed by atoms with Crippen molar-refractivity contribution in [2.45, 2.75) is 19.3 Å². The lowest BCUT2D eigenvalue weighted by molar-refractivity contribution is -0.134. The molecular formula is C24H24ClN5O4. The molecule has 2 aliphatic rings. The molecule has 2 aliphatic heterocycles. The molecule has 5 rings (SSSR count). The summed E-state index contributed by atoms with van der Waals surface area (Å²) in [5.41, 5.74) is 1.97. The normalized spacial score (nSPS) is 17.9. The third-order valence-corrected chi connectivity index (χ3v) is 6.32. The van der Waals surface area contributed by atoms with E-state index in [1.54, 1.807) is 14.5 Å². The molecule has 0 saturated carbocycles. The summed E-state index contributed by atoms with van der Waals surface area (Å²) in [4.78, 5) is 29.0. The molecule has 2 amide bonds. The molecule has 10 heteroatoms. The highest BCUT2D eigenvalue weighted by atomic mass is 35.5. The molecule has 0 N–H and O–H groups in total. The molecule has 0 spiro atoms. The Labute approximate surface area is 201 Å². The van der Waals surface area contributed by atoms with E-state index in [4.69, 9.17) is 21.1 Å². The smallest absolute Gasteiger partial charge is 0.276 e. The molecule has 1 saturated heterocycles. The van der Waals surface area contributed by atoms with Crippen molar-refractivity contribution < 1.29 is 19.1 Å². The second-order valence-corrected chi connectivity index (χ2v) is 8.63. The lowest BCUT2D eigenvalue weighted by atomic mass is 10.1. The van der Waals surface area contributed by atoms with E-state index < -0.39 is 0 Å². The third-order valence-electron chi connectivity index (χ3n) is 6.07. The molecule has 0 aliphatic carbocycles. The van der Waals surface area contributed by atoms with Crippen LogP contribution in [0.5, 0.6) is 5.75 Å². The SMILES string of the molecule is O=C(COc1ccccc1)N1CCN(C(=O)c2nnn3c2COC(c2ccc(Cl)cc2)C3)CC1. The molecule has 9 nitrogen and oxygen atoms in total. The number of piperazine rings is 1. The largest absolute Gasteiger partial charge is 0.484 e. The van der Waals surface area contributed by atoms with Crippen molar-refractivity contribution in [3.63, 3.8) is 0 Å². The number of hydrogen-bond donors (Lipinski definition) is 0. The van der Waals surface area contributed by atoms with Crippen molar-refractivity contribution in [3.05, 3.63) is 76.6 Å². The molecule has 0 radical (unpaired) electrons. The zero-order valence-corrected chi connectivity index (χ0v) is 19.2. The van der Waals surface area contributed by atoms with Gasteiger partial charge >= 0.3 is 0 Å². The van der Waals surface area contributed by atoms with Crippen LogP contribution in [0.4, 0.5) is 0 Å². The number of para-hydroxylation sites is 1. The minimum absolute atomic E-state index is 0.0252. The molecule has 1 atom stereocenters. The second kappa shape index (κ2) is 9.82. The minimum Gasteiger partial charge on any atom is -0.484 e. The van der Waals surface area contributed by atoms with Crippen LogP contribution < -0.4 is 4.74 Å². The molecule has 0 bridgehead atoms. The molecule has 3 aromatic rings. The monoisotopic (exact) mass is 481 g/mol. The van der Waals surface area contributed by atoms with Gasteiger partial charge in [-0.25, -0.2) is 4.68 Å². The van der Waals surface area contributed by atoms with Crippen LogP contribution in [0.3, 0.4) is 0 Å². The maximum Gasteiger partial charge on any atom is 0.276 e. The number of amides is 2. The van der Waals surface area contributed by atoms with Crippen LogP contribution in [-0.4, -0.2) is 69.4 Å². The molecule has 2 aromatic carbocycles. The van der Waals surface area contributed by atoms with Crippen LogP contribution in [0, 0.1) is 0 Å². The number of carbonyl (C=O) groups excluding carboxylic acids is 2.